The second kappa shape index (κ2) is 11.3. The van der Waals surface area contributed by atoms with E-state index in [9.17, 15) is 8.42 Å². The molecule has 2 N–H and O–H groups in total. The van der Waals surface area contributed by atoms with Gasteiger partial charge in [0.25, 0.3) is 0 Å². The zero-order chi connectivity index (χ0) is 18.4. The molecule has 1 heterocycles. The van der Waals surface area contributed by atoms with Crippen LogP contribution in [0.5, 0.6) is 0 Å². The third kappa shape index (κ3) is 6.72. The van der Waals surface area contributed by atoms with Gasteiger partial charge in [-0.15, -0.1) is 24.8 Å². The number of hydrogen-bond acceptors (Lipinski definition) is 4. The topological polar surface area (TPSA) is 71.1 Å². The van der Waals surface area contributed by atoms with Crippen molar-refractivity contribution in [1.82, 2.24) is 15.0 Å². The lowest BCUT2D eigenvalue weighted by atomic mass is 10.1. The molecule has 5 nitrogen and oxygen atoms in total. The van der Waals surface area contributed by atoms with Crippen LogP contribution in [0.3, 0.4) is 0 Å². The van der Waals surface area contributed by atoms with Crippen LogP contribution in [0.2, 0.25) is 0 Å². The van der Waals surface area contributed by atoms with Crippen molar-refractivity contribution in [2.45, 2.75) is 24.3 Å². The lowest BCUT2D eigenvalue weighted by molar-refractivity contribution is 0.537. The molecule has 0 saturated heterocycles. The molecule has 0 aliphatic carbocycles. The van der Waals surface area contributed by atoms with Crippen molar-refractivity contribution < 1.29 is 8.42 Å². The van der Waals surface area contributed by atoms with Gasteiger partial charge in [0.1, 0.15) is 0 Å². The van der Waals surface area contributed by atoms with Gasteiger partial charge >= 0.3 is 0 Å². The van der Waals surface area contributed by atoms with Crippen molar-refractivity contribution in [1.29, 1.82) is 0 Å². The fourth-order valence-electron chi connectivity index (χ4n) is 2.80. The van der Waals surface area contributed by atoms with Crippen molar-refractivity contribution in [2.75, 3.05) is 13.1 Å². The largest absolute Gasteiger partial charge is 0.315 e. The number of pyridine rings is 1. The maximum Gasteiger partial charge on any atom is 0.240 e. The van der Waals surface area contributed by atoms with E-state index in [4.69, 9.17) is 0 Å². The Morgan fingerprint density at radius 3 is 2.50 bits per heavy atom. The molecule has 3 aromatic rings. The summed E-state index contributed by atoms with van der Waals surface area (Å²) in [6.07, 6.45) is 4.29. The molecule has 0 fully saturated rings. The maximum atomic E-state index is 12.6. The summed E-state index contributed by atoms with van der Waals surface area (Å²) in [7, 11) is -3.55. The van der Waals surface area contributed by atoms with Gasteiger partial charge < -0.3 is 5.32 Å². The van der Waals surface area contributed by atoms with Crippen LogP contribution in [0.4, 0.5) is 0 Å². The number of aromatic nitrogens is 1. The highest BCUT2D eigenvalue weighted by Crippen LogP contribution is 2.18. The van der Waals surface area contributed by atoms with E-state index in [2.05, 4.69) is 27.2 Å². The summed E-state index contributed by atoms with van der Waals surface area (Å²) in [5.41, 5.74) is 1.26. The Labute approximate surface area is 178 Å². The summed E-state index contributed by atoms with van der Waals surface area (Å²) in [4.78, 5) is 4.31. The van der Waals surface area contributed by atoms with Crippen molar-refractivity contribution in [3.63, 3.8) is 0 Å². The molecule has 0 aliphatic heterocycles. The molecule has 8 heteroatoms. The summed E-state index contributed by atoms with van der Waals surface area (Å²) in [6, 6.07) is 16.9. The molecule has 0 spiro atoms. The van der Waals surface area contributed by atoms with E-state index in [1.807, 2.05) is 31.2 Å². The van der Waals surface area contributed by atoms with E-state index in [1.165, 1.54) is 5.56 Å². The fraction of sp³-hybridized carbons (Fsp3) is 0.250. The molecule has 0 bridgehead atoms. The predicted octanol–water partition coefficient (Wildman–Crippen LogP) is 3.58. The van der Waals surface area contributed by atoms with Gasteiger partial charge in [0.2, 0.25) is 10.0 Å². The second-order valence-electron chi connectivity index (χ2n) is 6.35. The third-order valence-corrected chi connectivity index (χ3v) is 5.75. The van der Waals surface area contributed by atoms with Gasteiger partial charge in [-0.1, -0.05) is 36.4 Å². The minimum atomic E-state index is -3.55. The van der Waals surface area contributed by atoms with Crippen LogP contribution in [-0.4, -0.2) is 32.5 Å². The molecule has 28 heavy (non-hydrogen) atoms. The number of benzene rings is 2. The summed E-state index contributed by atoms with van der Waals surface area (Å²) >= 11 is 0. The first-order valence-corrected chi connectivity index (χ1v) is 10.1. The highest BCUT2D eigenvalue weighted by atomic mass is 35.5. The van der Waals surface area contributed by atoms with Crippen LogP contribution in [0.15, 0.2) is 71.9 Å². The number of sulfonamides is 1. The Bertz CT molecular complexity index is 969. The monoisotopic (exact) mass is 441 g/mol. The zero-order valence-electron chi connectivity index (χ0n) is 15.5. The van der Waals surface area contributed by atoms with E-state index < -0.39 is 10.0 Å². The molecule has 0 radical (unpaired) electrons. The van der Waals surface area contributed by atoms with Crippen LogP contribution in [0.1, 0.15) is 12.5 Å². The quantitative estimate of drug-likeness (QED) is 0.524. The first kappa shape index (κ1) is 24.3. The van der Waals surface area contributed by atoms with Gasteiger partial charge in [-0.05, 0) is 49.0 Å². The molecular weight excluding hydrogens is 417 g/mol. The second-order valence-corrected chi connectivity index (χ2v) is 8.06. The number of nitrogens with zero attached hydrogens (tertiary/aromatic N) is 1. The molecule has 3 rings (SSSR count). The summed E-state index contributed by atoms with van der Waals surface area (Å²) in [5.74, 6) is 0. The number of nitrogens with one attached hydrogen (secondary N) is 2. The molecule has 0 amide bonds. The van der Waals surface area contributed by atoms with Gasteiger partial charge in [0, 0.05) is 30.4 Å². The Balaban J connectivity index is 0.00000196. The average Bonchev–Trinajstić information content (AvgIpc) is 2.65. The van der Waals surface area contributed by atoms with Crippen LogP contribution in [0.25, 0.3) is 10.8 Å². The molecule has 2 aromatic carbocycles. The lowest BCUT2D eigenvalue weighted by Gasteiger charge is -2.15. The van der Waals surface area contributed by atoms with E-state index in [0.717, 1.165) is 23.7 Å². The molecule has 1 unspecified atom stereocenters. The Kier molecular flexibility index (Phi) is 9.85. The van der Waals surface area contributed by atoms with Gasteiger partial charge in [-0.3, -0.25) is 4.98 Å². The van der Waals surface area contributed by atoms with E-state index in [1.54, 1.807) is 30.6 Å². The predicted molar refractivity (Wildman–Crippen MR) is 119 cm³/mol. The smallest absolute Gasteiger partial charge is 0.240 e. The van der Waals surface area contributed by atoms with Crippen molar-refractivity contribution in [3.05, 3.63) is 72.6 Å². The van der Waals surface area contributed by atoms with E-state index in [-0.39, 0.29) is 35.8 Å². The Morgan fingerprint density at radius 1 is 1.00 bits per heavy atom. The van der Waals surface area contributed by atoms with Gasteiger partial charge in [0.05, 0.1) is 4.90 Å². The number of hydrogen-bond donors (Lipinski definition) is 2. The first-order valence-electron chi connectivity index (χ1n) is 8.65. The summed E-state index contributed by atoms with van der Waals surface area (Å²) in [6.45, 7) is 3.24. The van der Waals surface area contributed by atoms with Gasteiger partial charge in [-0.25, -0.2) is 13.1 Å². The third-order valence-electron chi connectivity index (χ3n) is 4.16. The highest BCUT2D eigenvalue weighted by molar-refractivity contribution is 7.89. The van der Waals surface area contributed by atoms with Crippen molar-refractivity contribution >= 4 is 45.6 Å². The van der Waals surface area contributed by atoms with Crippen LogP contribution < -0.4 is 10.0 Å². The molecule has 0 saturated carbocycles. The SMILES string of the molecule is CC(CNCCc1ccccc1)NS(=O)(=O)c1ccc2cnccc2c1.Cl.Cl. The van der Waals surface area contributed by atoms with Crippen molar-refractivity contribution in [3.8, 4) is 0 Å². The summed E-state index contributed by atoms with van der Waals surface area (Å²) < 4.78 is 27.9. The highest BCUT2D eigenvalue weighted by Gasteiger charge is 2.17. The first-order chi connectivity index (χ1) is 12.5. The minimum absolute atomic E-state index is 0. The van der Waals surface area contributed by atoms with Crippen LogP contribution >= 0.6 is 24.8 Å². The van der Waals surface area contributed by atoms with Crippen LogP contribution in [0, 0.1) is 0 Å². The minimum Gasteiger partial charge on any atom is -0.315 e. The normalized spacial score (nSPS) is 12.0. The number of rotatable bonds is 8. The molecule has 1 aromatic heterocycles. The average molecular weight is 442 g/mol. The Morgan fingerprint density at radius 2 is 1.75 bits per heavy atom. The standard InChI is InChI=1S/C20H23N3O2S.2ClH/c1-16(14-21-11-9-17-5-3-2-4-6-17)23-26(24,25)20-8-7-19-15-22-12-10-18(19)13-20;;/h2-8,10,12-13,15-16,21,23H,9,11,14H2,1H3;2*1H. The molecule has 152 valence electrons. The molecule has 1 atom stereocenters. The molecular formula is C20H25Cl2N3O2S. The number of fused-ring (bicyclic) bond motifs is 1. The Hall–Kier alpha value is -1.70. The van der Waals surface area contributed by atoms with Gasteiger partial charge in [0.15, 0.2) is 0 Å². The van der Waals surface area contributed by atoms with Crippen LogP contribution in [-0.2, 0) is 16.4 Å². The zero-order valence-corrected chi connectivity index (χ0v) is 18.0. The lowest BCUT2D eigenvalue weighted by Crippen LogP contribution is -2.40. The van der Waals surface area contributed by atoms with E-state index in [0.29, 0.717) is 6.54 Å². The number of halogens is 2. The maximum absolute atomic E-state index is 12.6. The van der Waals surface area contributed by atoms with E-state index >= 15 is 0 Å². The fourth-order valence-corrected chi connectivity index (χ4v) is 4.08. The van der Waals surface area contributed by atoms with Crippen molar-refractivity contribution in [2.24, 2.45) is 0 Å². The van der Waals surface area contributed by atoms with Gasteiger partial charge in [-0.2, -0.15) is 0 Å². The molecule has 0 aliphatic rings. The summed E-state index contributed by atoms with van der Waals surface area (Å²) in [5, 5.41) is 5.08.